The first-order valence-electron chi connectivity index (χ1n) is 14.5. The van der Waals surface area contributed by atoms with E-state index >= 15 is 0 Å². The highest BCUT2D eigenvalue weighted by molar-refractivity contribution is 5.80. The quantitative estimate of drug-likeness (QED) is 0.363. The van der Waals surface area contributed by atoms with E-state index in [2.05, 4.69) is 128 Å². The van der Waals surface area contributed by atoms with Gasteiger partial charge in [-0.25, -0.2) is 0 Å². The summed E-state index contributed by atoms with van der Waals surface area (Å²) < 4.78 is 0. The van der Waals surface area contributed by atoms with Gasteiger partial charge in [0.05, 0.1) is 0 Å². The molecule has 0 fully saturated rings. The number of hydrogen-bond acceptors (Lipinski definition) is 0. The van der Waals surface area contributed by atoms with Gasteiger partial charge in [0, 0.05) is 0 Å². The van der Waals surface area contributed by atoms with Gasteiger partial charge in [-0.15, -0.1) is 0 Å². The summed E-state index contributed by atoms with van der Waals surface area (Å²) in [5.41, 5.74) is 11.8. The molecule has 36 heavy (non-hydrogen) atoms. The molecule has 0 atom stereocenters. The Morgan fingerprint density at radius 2 is 1.00 bits per heavy atom. The van der Waals surface area contributed by atoms with Gasteiger partial charge in [0.25, 0.3) is 0 Å². The smallest absolute Gasteiger partial charge is 0.00965 e. The molecular weight excluding hydrogens is 432 g/mol. The van der Waals surface area contributed by atoms with Gasteiger partial charge in [0.15, 0.2) is 0 Å². The third-order valence-electron chi connectivity index (χ3n) is 6.95. The van der Waals surface area contributed by atoms with Crippen LogP contribution in [0.4, 0.5) is 0 Å². The zero-order valence-electron chi connectivity index (χ0n) is 26.6. The summed E-state index contributed by atoms with van der Waals surface area (Å²) in [5.74, 6) is 1.88. The first kappa shape index (κ1) is 30.7. The van der Waals surface area contributed by atoms with Crippen LogP contribution in [0, 0.1) is 23.8 Å². The van der Waals surface area contributed by atoms with Gasteiger partial charge >= 0.3 is 0 Å². The molecule has 0 amide bonds. The minimum atomic E-state index is -0.00258. The highest BCUT2D eigenvalue weighted by atomic mass is 14.4. The maximum atomic E-state index is 4.01. The third kappa shape index (κ3) is 7.72. The fraction of sp³-hybridized carbons (Fsp3) is 0.667. The van der Waals surface area contributed by atoms with Crippen molar-refractivity contribution in [3.8, 4) is 11.1 Å². The summed E-state index contributed by atoms with van der Waals surface area (Å²) >= 11 is 0. The Kier molecular flexibility index (Phi) is 9.41. The maximum absolute atomic E-state index is 4.01. The molecule has 0 aliphatic heterocycles. The second-order valence-corrected chi connectivity index (χ2v) is 15.7. The van der Waals surface area contributed by atoms with Crippen LogP contribution < -0.4 is 0 Å². The van der Waals surface area contributed by atoms with E-state index in [4.69, 9.17) is 0 Å². The van der Waals surface area contributed by atoms with Crippen molar-refractivity contribution in [2.24, 2.45) is 17.8 Å². The molecule has 0 saturated heterocycles. The van der Waals surface area contributed by atoms with Crippen LogP contribution in [0.5, 0.6) is 0 Å². The molecule has 0 spiro atoms. The Morgan fingerprint density at radius 3 is 1.33 bits per heavy atom. The third-order valence-corrected chi connectivity index (χ3v) is 6.95. The van der Waals surface area contributed by atoms with E-state index in [-0.39, 0.29) is 16.2 Å². The number of hydrogen-bond donors (Lipinski definition) is 0. The van der Waals surface area contributed by atoms with E-state index < -0.39 is 0 Å². The van der Waals surface area contributed by atoms with Crippen LogP contribution in [-0.2, 0) is 35.5 Å². The Labute approximate surface area is 225 Å². The van der Waals surface area contributed by atoms with Gasteiger partial charge in [0.1, 0.15) is 0 Å². The van der Waals surface area contributed by atoms with E-state index in [0.29, 0.717) is 17.8 Å². The molecule has 0 heterocycles. The molecule has 1 radical (unpaired) electrons. The highest BCUT2D eigenvalue weighted by Gasteiger charge is 2.32. The minimum Gasteiger partial charge on any atom is -0.0625 e. The summed E-state index contributed by atoms with van der Waals surface area (Å²) in [6, 6.07) is 11.6. The Bertz CT molecular complexity index is 957. The lowest BCUT2D eigenvalue weighted by molar-refractivity contribution is 0.548. The SMILES string of the molecule is CC(C)Cc1cc(CC(C)C)c(-c2c(C(C)(C)C)[c]c(C(C)(C)C)cc2C(C)(C)C)c(CC(C)C)c1. The van der Waals surface area contributed by atoms with Gasteiger partial charge in [-0.05, 0) is 104 Å². The van der Waals surface area contributed by atoms with Crippen molar-refractivity contribution in [1.29, 1.82) is 0 Å². The van der Waals surface area contributed by atoms with Crippen molar-refractivity contribution >= 4 is 0 Å². The summed E-state index contributed by atoms with van der Waals surface area (Å²) in [5, 5.41) is 0. The zero-order valence-corrected chi connectivity index (χ0v) is 26.6. The second kappa shape index (κ2) is 11.0. The van der Waals surface area contributed by atoms with E-state index in [1.54, 1.807) is 0 Å². The predicted molar refractivity (Wildman–Crippen MR) is 162 cm³/mol. The molecule has 0 aliphatic rings. The molecule has 2 aromatic rings. The fourth-order valence-electron chi connectivity index (χ4n) is 5.35. The topological polar surface area (TPSA) is 0 Å². The second-order valence-electron chi connectivity index (χ2n) is 15.7. The van der Waals surface area contributed by atoms with Gasteiger partial charge in [0.2, 0.25) is 0 Å². The molecule has 0 aliphatic carbocycles. The van der Waals surface area contributed by atoms with E-state index in [0.717, 1.165) is 19.3 Å². The minimum absolute atomic E-state index is 0.00258. The van der Waals surface area contributed by atoms with Gasteiger partial charge in [-0.1, -0.05) is 122 Å². The lowest BCUT2D eigenvalue weighted by atomic mass is 9.69. The highest BCUT2D eigenvalue weighted by Crippen LogP contribution is 2.46. The molecule has 201 valence electrons. The monoisotopic (exact) mass is 489 g/mol. The largest absolute Gasteiger partial charge is 0.0625 e. The van der Waals surface area contributed by atoms with Crippen LogP contribution in [0.3, 0.4) is 0 Å². The normalized spacial score (nSPS) is 13.4. The first-order valence-corrected chi connectivity index (χ1v) is 14.5. The van der Waals surface area contributed by atoms with Crippen molar-refractivity contribution < 1.29 is 0 Å². The average molecular weight is 490 g/mol. The zero-order chi connectivity index (χ0) is 27.8. The molecule has 0 heteroatoms. The van der Waals surface area contributed by atoms with Crippen LogP contribution in [0.1, 0.15) is 137 Å². The Balaban J connectivity index is 3.17. The maximum Gasteiger partial charge on any atom is -0.00965 e. The molecule has 0 nitrogen and oxygen atoms in total. The Hall–Kier alpha value is -1.56. The first-order chi connectivity index (χ1) is 16.2. The average Bonchev–Trinajstić information content (AvgIpc) is 2.63. The molecule has 0 N–H and O–H groups in total. The van der Waals surface area contributed by atoms with Gasteiger partial charge in [-0.2, -0.15) is 0 Å². The molecule has 0 aromatic heterocycles. The predicted octanol–water partition coefficient (Wildman–Crippen LogP) is 10.6. The standard InChI is InChI=1S/C36H57/c1-23(2)16-26-19-27(17-24(3)4)32(28(20-26)18-25(5)6)33-30(35(10,11)12)21-29(34(7,8)9)22-31(33)36(13,14)15/h19-21,23-25H,16-18H2,1-15H3. The van der Waals surface area contributed by atoms with Crippen LogP contribution in [0.2, 0.25) is 0 Å². The summed E-state index contributed by atoms with van der Waals surface area (Å²) in [4.78, 5) is 0. The lowest BCUT2D eigenvalue weighted by Crippen LogP contribution is -2.24. The van der Waals surface area contributed by atoms with Crippen molar-refractivity contribution in [3.63, 3.8) is 0 Å². The molecule has 0 bridgehead atoms. The van der Waals surface area contributed by atoms with Gasteiger partial charge < -0.3 is 0 Å². The van der Waals surface area contributed by atoms with Crippen LogP contribution >= 0.6 is 0 Å². The number of benzene rings is 2. The molecular formula is C36H57. The summed E-state index contributed by atoms with van der Waals surface area (Å²) in [6.07, 6.45) is 3.37. The van der Waals surface area contributed by atoms with Crippen molar-refractivity contribution in [3.05, 3.63) is 57.6 Å². The molecule has 2 rings (SSSR count). The van der Waals surface area contributed by atoms with Crippen molar-refractivity contribution in [2.45, 2.75) is 139 Å². The van der Waals surface area contributed by atoms with E-state index in [1.165, 1.54) is 44.5 Å². The number of rotatable bonds is 7. The summed E-state index contributed by atoms with van der Waals surface area (Å²) in [7, 11) is 0. The van der Waals surface area contributed by atoms with Crippen LogP contribution in [-0.4, -0.2) is 0 Å². The van der Waals surface area contributed by atoms with Gasteiger partial charge in [-0.3, -0.25) is 0 Å². The molecule has 0 unspecified atom stereocenters. The van der Waals surface area contributed by atoms with Crippen LogP contribution in [0.25, 0.3) is 11.1 Å². The Morgan fingerprint density at radius 1 is 0.556 bits per heavy atom. The summed E-state index contributed by atoms with van der Waals surface area (Å²) in [6.45, 7) is 35.4. The van der Waals surface area contributed by atoms with Crippen molar-refractivity contribution in [2.75, 3.05) is 0 Å². The van der Waals surface area contributed by atoms with E-state index in [9.17, 15) is 0 Å². The van der Waals surface area contributed by atoms with Crippen molar-refractivity contribution in [1.82, 2.24) is 0 Å². The molecule has 0 saturated carbocycles. The van der Waals surface area contributed by atoms with E-state index in [1.807, 2.05) is 0 Å². The molecule has 2 aromatic carbocycles. The lowest BCUT2D eigenvalue weighted by Gasteiger charge is -2.35. The van der Waals surface area contributed by atoms with Crippen LogP contribution in [0.15, 0.2) is 18.2 Å². The fourth-order valence-corrected chi connectivity index (χ4v) is 5.35.